The zero-order chi connectivity index (χ0) is 41.7. The molecule has 0 saturated heterocycles. The van der Waals surface area contributed by atoms with Crippen LogP contribution in [0.25, 0.3) is 60.9 Å². The first-order valence-electron chi connectivity index (χ1n) is 21.8. The first kappa shape index (κ1) is 36.6. The molecule has 296 valence electrons. The Morgan fingerprint density at radius 3 is 1.49 bits per heavy atom. The fourth-order valence-corrected chi connectivity index (χ4v) is 10.3. The molecule has 0 bridgehead atoms. The van der Waals surface area contributed by atoms with Crippen molar-refractivity contribution >= 4 is 38.9 Å². The minimum atomic E-state index is -0.429. The van der Waals surface area contributed by atoms with E-state index in [9.17, 15) is 0 Å². The van der Waals surface area contributed by atoms with Crippen LogP contribution in [0.1, 0.15) is 22.3 Å². The molecule has 2 heteroatoms. The number of fused-ring (bicyclic) bond motifs is 6. The highest BCUT2D eigenvalue weighted by Gasteiger charge is 2.46. The van der Waals surface area contributed by atoms with E-state index in [1.54, 1.807) is 0 Å². The van der Waals surface area contributed by atoms with E-state index < -0.39 is 5.41 Å². The molecule has 0 fully saturated rings. The van der Waals surface area contributed by atoms with E-state index in [1.807, 2.05) is 0 Å². The number of aromatic nitrogens is 1. The van der Waals surface area contributed by atoms with Gasteiger partial charge in [0.05, 0.1) is 16.4 Å². The molecule has 0 atom stereocenters. The van der Waals surface area contributed by atoms with Crippen LogP contribution in [-0.2, 0) is 5.41 Å². The Hall–Kier alpha value is -8.20. The second kappa shape index (κ2) is 15.1. The Kier molecular flexibility index (Phi) is 8.76. The summed E-state index contributed by atoms with van der Waals surface area (Å²) in [6, 6.07) is 93.1. The van der Waals surface area contributed by atoms with E-state index in [0.717, 1.165) is 22.7 Å². The molecule has 0 N–H and O–H groups in total. The molecule has 1 aliphatic carbocycles. The predicted molar refractivity (Wildman–Crippen MR) is 264 cm³/mol. The quantitative estimate of drug-likeness (QED) is 0.149. The van der Waals surface area contributed by atoms with Gasteiger partial charge in [0.1, 0.15) is 0 Å². The van der Waals surface area contributed by atoms with Gasteiger partial charge in [-0.05, 0) is 128 Å². The van der Waals surface area contributed by atoms with Gasteiger partial charge in [-0.3, -0.25) is 0 Å². The SMILES string of the molecule is c1ccc(N(c2ccccc2)c2cccc(-c3cccc(-c4ccc5c(c4)c4ccccc4n5-c4ccc5c(c4)-c4ccccc4C5(c4ccccc4)c4ccccc4)c3)c2)cc1. The molecule has 0 radical (unpaired) electrons. The fraction of sp³-hybridized carbons (Fsp3) is 0.0164. The number of benzene rings is 10. The maximum atomic E-state index is 2.45. The molecule has 0 saturated carbocycles. The standard InChI is InChI=1S/C61H42N2/c1-5-22-47(23-6-1)61(48-24-7-2-8-25-48)57-33-15-13-31-53(57)55-42-52(36-37-58(55)61)63-59-34-16-14-32-54(59)56-41-46(35-38-60(56)63)44-20-17-19-43(39-44)45-21-18-30-51(40-45)62(49-26-9-3-10-27-49)50-28-11-4-12-29-50/h1-42H. The molecular weight excluding hydrogens is 761 g/mol. The van der Waals surface area contributed by atoms with Gasteiger partial charge in [0.2, 0.25) is 0 Å². The summed E-state index contributed by atoms with van der Waals surface area (Å²) in [5.41, 5.74) is 18.9. The number of nitrogens with zero attached hydrogens (tertiary/aromatic N) is 2. The van der Waals surface area contributed by atoms with Crippen molar-refractivity contribution in [3.8, 4) is 39.1 Å². The largest absolute Gasteiger partial charge is 0.310 e. The van der Waals surface area contributed by atoms with Crippen molar-refractivity contribution in [3.63, 3.8) is 0 Å². The van der Waals surface area contributed by atoms with Crippen molar-refractivity contribution in [2.24, 2.45) is 0 Å². The van der Waals surface area contributed by atoms with Gasteiger partial charge in [-0.15, -0.1) is 0 Å². The molecule has 1 aliphatic rings. The molecule has 1 aromatic heterocycles. The van der Waals surface area contributed by atoms with Crippen LogP contribution in [0.3, 0.4) is 0 Å². The van der Waals surface area contributed by atoms with Gasteiger partial charge in [0, 0.05) is 33.5 Å². The van der Waals surface area contributed by atoms with E-state index in [-0.39, 0.29) is 0 Å². The first-order valence-corrected chi connectivity index (χ1v) is 21.8. The normalized spacial score (nSPS) is 12.6. The summed E-state index contributed by atoms with van der Waals surface area (Å²) in [5.74, 6) is 0. The lowest BCUT2D eigenvalue weighted by atomic mass is 9.68. The molecule has 63 heavy (non-hydrogen) atoms. The zero-order valence-electron chi connectivity index (χ0n) is 34.6. The van der Waals surface area contributed by atoms with E-state index >= 15 is 0 Å². The summed E-state index contributed by atoms with van der Waals surface area (Å²) in [5, 5.41) is 2.48. The van der Waals surface area contributed by atoms with Crippen molar-refractivity contribution in [3.05, 3.63) is 277 Å². The van der Waals surface area contributed by atoms with Crippen LogP contribution < -0.4 is 4.90 Å². The maximum Gasteiger partial charge on any atom is 0.0713 e. The number of anilines is 3. The van der Waals surface area contributed by atoms with E-state index in [1.165, 1.54) is 77.4 Å². The van der Waals surface area contributed by atoms with Crippen LogP contribution in [0.4, 0.5) is 17.1 Å². The molecular formula is C61H42N2. The van der Waals surface area contributed by atoms with Gasteiger partial charge >= 0.3 is 0 Å². The van der Waals surface area contributed by atoms with E-state index in [2.05, 4.69) is 264 Å². The number of hydrogen-bond acceptors (Lipinski definition) is 1. The third-order valence-electron chi connectivity index (χ3n) is 13.0. The van der Waals surface area contributed by atoms with Crippen molar-refractivity contribution in [1.29, 1.82) is 0 Å². The average molecular weight is 803 g/mol. The van der Waals surface area contributed by atoms with Crippen molar-refractivity contribution in [2.75, 3.05) is 4.90 Å². The zero-order valence-corrected chi connectivity index (χ0v) is 34.6. The summed E-state index contributed by atoms with van der Waals surface area (Å²) in [6.45, 7) is 0. The predicted octanol–water partition coefficient (Wildman–Crippen LogP) is 16.0. The highest BCUT2D eigenvalue weighted by atomic mass is 15.1. The van der Waals surface area contributed by atoms with Gasteiger partial charge in [-0.2, -0.15) is 0 Å². The Bertz CT molecular complexity index is 3360. The molecule has 11 aromatic rings. The fourth-order valence-electron chi connectivity index (χ4n) is 10.3. The van der Waals surface area contributed by atoms with E-state index in [0.29, 0.717) is 0 Å². The molecule has 0 unspecified atom stereocenters. The molecule has 12 rings (SSSR count). The Labute approximate surface area is 368 Å². The minimum Gasteiger partial charge on any atom is -0.310 e. The summed E-state index contributed by atoms with van der Waals surface area (Å²) in [4.78, 5) is 2.32. The highest BCUT2D eigenvalue weighted by Crippen LogP contribution is 2.56. The highest BCUT2D eigenvalue weighted by molar-refractivity contribution is 6.10. The average Bonchev–Trinajstić information content (AvgIpc) is 3.85. The molecule has 1 heterocycles. The lowest BCUT2D eigenvalue weighted by molar-refractivity contribution is 0.768. The van der Waals surface area contributed by atoms with Crippen LogP contribution in [0.15, 0.2) is 255 Å². The molecule has 10 aromatic carbocycles. The van der Waals surface area contributed by atoms with Gasteiger partial charge in [0.15, 0.2) is 0 Å². The van der Waals surface area contributed by atoms with Crippen molar-refractivity contribution in [2.45, 2.75) is 5.41 Å². The monoisotopic (exact) mass is 802 g/mol. The van der Waals surface area contributed by atoms with Crippen LogP contribution in [-0.4, -0.2) is 4.57 Å². The summed E-state index contributed by atoms with van der Waals surface area (Å²) >= 11 is 0. The summed E-state index contributed by atoms with van der Waals surface area (Å²) in [7, 11) is 0. The van der Waals surface area contributed by atoms with Crippen LogP contribution in [0, 0.1) is 0 Å². The minimum absolute atomic E-state index is 0.429. The summed E-state index contributed by atoms with van der Waals surface area (Å²) < 4.78 is 2.45. The van der Waals surface area contributed by atoms with Gasteiger partial charge in [0.25, 0.3) is 0 Å². The van der Waals surface area contributed by atoms with Crippen LogP contribution >= 0.6 is 0 Å². The second-order valence-corrected chi connectivity index (χ2v) is 16.5. The number of rotatable bonds is 8. The Morgan fingerprint density at radius 2 is 0.810 bits per heavy atom. The van der Waals surface area contributed by atoms with Gasteiger partial charge in [-0.25, -0.2) is 0 Å². The molecule has 0 aliphatic heterocycles. The summed E-state index contributed by atoms with van der Waals surface area (Å²) in [6.07, 6.45) is 0. The second-order valence-electron chi connectivity index (χ2n) is 16.5. The third kappa shape index (κ3) is 5.95. The number of hydrogen-bond donors (Lipinski definition) is 0. The van der Waals surface area contributed by atoms with Gasteiger partial charge < -0.3 is 9.47 Å². The smallest absolute Gasteiger partial charge is 0.0713 e. The van der Waals surface area contributed by atoms with Crippen LogP contribution in [0.5, 0.6) is 0 Å². The Balaban J connectivity index is 0.965. The van der Waals surface area contributed by atoms with Crippen molar-refractivity contribution in [1.82, 2.24) is 4.57 Å². The lowest BCUT2D eigenvalue weighted by Crippen LogP contribution is -2.28. The van der Waals surface area contributed by atoms with Gasteiger partial charge in [-0.1, -0.05) is 182 Å². The van der Waals surface area contributed by atoms with Crippen LogP contribution in [0.2, 0.25) is 0 Å². The third-order valence-corrected chi connectivity index (χ3v) is 13.0. The molecule has 0 spiro atoms. The lowest BCUT2D eigenvalue weighted by Gasteiger charge is -2.33. The van der Waals surface area contributed by atoms with E-state index in [4.69, 9.17) is 0 Å². The van der Waals surface area contributed by atoms with Crippen molar-refractivity contribution < 1.29 is 0 Å². The maximum absolute atomic E-state index is 2.45. The topological polar surface area (TPSA) is 8.17 Å². The Morgan fingerprint density at radius 1 is 0.302 bits per heavy atom. The molecule has 0 amide bonds. The number of para-hydroxylation sites is 3. The first-order chi connectivity index (χ1) is 31.3. The molecule has 2 nitrogen and oxygen atoms in total.